The molecule has 0 radical (unpaired) electrons. The Hall–Kier alpha value is -3.93. The van der Waals surface area contributed by atoms with E-state index in [0.717, 1.165) is 40.0 Å². The molecular formula is C28H27N3O3. The SMILES string of the molecule is CCCc1ccc([C@@]2(C)NC(=O)N(CC(=O)NC3c4ccccc4-c4ccccc43)C2=O)cc1. The predicted octanol–water partition coefficient (Wildman–Crippen LogP) is 4.29. The van der Waals surface area contributed by atoms with Gasteiger partial charge in [-0.15, -0.1) is 0 Å². The lowest BCUT2D eigenvalue weighted by Gasteiger charge is -2.23. The first-order valence-corrected chi connectivity index (χ1v) is 11.6. The first kappa shape index (κ1) is 21.9. The second-order valence-corrected chi connectivity index (χ2v) is 9.07. The minimum absolute atomic E-state index is 0.321. The Labute approximate surface area is 199 Å². The molecule has 0 unspecified atom stereocenters. The summed E-state index contributed by atoms with van der Waals surface area (Å²) < 4.78 is 0. The Balaban J connectivity index is 1.34. The molecule has 4 amide bonds. The lowest BCUT2D eigenvalue weighted by atomic mass is 9.91. The van der Waals surface area contributed by atoms with Crippen LogP contribution in [0.2, 0.25) is 0 Å². The predicted molar refractivity (Wildman–Crippen MR) is 130 cm³/mol. The standard InChI is InChI=1S/C28H27N3O3/c1-3-8-18-13-15-19(16-14-18)28(2)26(33)31(27(34)30-28)17-24(32)29-25-22-11-6-4-9-20(22)21-10-5-7-12-23(21)25/h4-7,9-16,25H,3,8,17H2,1-2H3,(H,29,32)(H,30,34)/t28-/m1/s1. The number of fused-ring (bicyclic) bond motifs is 3. The Morgan fingerprint density at radius 1 is 0.941 bits per heavy atom. The molecule has 0 saturated carbocycles. The van der Waals surface area contributed by atoms with Crippen molar-refractivity contribution in [2.75, 3.05) is 6.54 Å². The molecule has 1 aliphatic heterocycles. The molecule has 6 nitrogen and oxygen atoms in total. The summed E-state index contributed by atoms with van der Waals surface area (Å²) in [5.41, 5.74) is 4.86. The van der Waals surface area contributed by atoms with Crippen molar-refractivity contribution in [1.29, 1.82) is 0 Å². The highest BCUT2D eigenvalue weighted by molar-refractivity contribution is 6.09. The number of carbonyl (C=O) groups excluding carboxylic acids is 3. The zero-order valence-corrected chi connectivity index (χ0v) is 19.3. The number of urea groups is 1. The summed E-state index contributed by atoms with van der Waals surface area (Å²) in [5, 5.41) is 5.82. The number of carbonyl (C=O) groups is 3. The van der Waals surface area contributed by atoms with Crippen molar-refractivity contribution in [3.8, 4) is 11.1 Å². The molecule has 3 aromatic carbocycles. The van der Waals surface area contributed by atoms with Crippen molar-refractivity contribution < 1.29 is 14.4 Å². The van der Waals surface area contributed by atoms with Gasteiger partial charge in [0.2, 0.25) is 5.91 Å². The third-order valence-corrected chi connectivity index (χ3v) is 6.79. The van der Waals surface area contributed by atoms with Gasteiger partial charge in [-0.05, 0) is 46.7 Å². The highest BCUT2D eigenvalue weighted by atomic mass is 16.2. The van der Waals surface area contributed by atoms with Crippen molar-refractivity contribution in [2.24, 2.45) is 0 Å². The molecule has 1 aliphatic carbocycles. The normalized spacial score (nSPS) is 19.1. The van der Waals surface area contributed by atoms with Crippen LogP contribution in [-0.4, -0.2) is 29.3 Å². The van der Waals surface area contributed by atoms with E-state index in [-0.39, 0.29) is 18.5 Å². The summed E-state index contributed by atoms with van der Waals surface area (Å²) in [5.74, 6) is -0.814. The van der Waals surface area contributed by atoms with Crippen LogP contribution in [0.1, 0.15) is 48.6 Å². The van der Waals surface area contributed by atoms with Crippen LogP contribution in [0.15, 0.2) is 72.8 Å². The summed E-state index contributed by atoms with van der Waals surface area (Å²) in [6.07, 6.45) is 1.99. The number of aryl methyl sites for hydroxylation is 1. The summed E-state index contributed by atoms with van der Waals surface area (Å²) in [6.45, 7) is 3.46. The van der Waals surface area contributed by atoms with Gasteiger partial charge < -0.3 is 10.6 Å². The van der Waals surface area contributed by atoms with Gasteiger partial charge in [0.05, 0.1) is 6.04 Å². The zero-order chi connectivity index (χ0) is 23.9. The summed E-state index contributed by atoms with van der Waals surface area (Å²) in [4.78, 5) is 40.1. The van der Waals surface area contributed by atoms with Gasteiger partial charge in [-0.2, -0.15) is 0 Å². The average Bonchev–Trinajstić information content (AvgIpc) is 3.27. The van der Waals surface area contributed by atoms with Gasteiger partial charge in [-0.3, -0.25) is 14.5 Å². The fraction of sp³-hybridized carbons (Fsp3) is 0.250. The number of amides is 4. The molecule has 6 heteroatoms. The average molecular weight is 454 g/mol. The second kappa shape index (κ2) is 8.45. The molecule has 172 valence electrons. The topological polar surface area (TPSA) is 78.5 Å². The van der Waals surface area contributed by atoms with E-state index in [9.17, 15) is 14.4 Å². The van der Waals surface area contributed by atoms with Crippen LogP contribution < -0.4 is 10.6 Å². The maximum atomic E-state index is 13.3. The summed E-state index contributed by atoms with van der Waals surface area (Å²) in [6, 6.07) is 22.7. The number of imide groups is 1. The Morgan fingerprint density at radius 3 is 2.12 bits per heavy atom. The Kier molecular flexibility index (Phi) is 5.44. The van der Waals surface area contributed by atoms with Crippen molar-refractivity contribution in [3.05, 3.63) is 95.1 Å². The molecule has 1 saturated heterocycles. The highest BCUT2D eigenvalue weighted by Gasteiger charge is 2.49. The molecule has 0 aromatic heterocycles. The molecule has 1 atom stereocenters. The van der Waals surface area contributed by atoms with Crippen LogP contribution in [0.4, 0.5) is 4.79 Å². The third kappa shape index (κ3) is 3.55. The molecule has 2 aliphatic rings. The van der Waals surface area contributed by atoms with Crippen molar-refractivity contribution in [1.82, 2.24) is 15.5 Å². The minimum atomic E-state index is -1.20. The Morgan fingerprint density at radius 2 is 1.53 bits per heavy atom. The summed E-state index contributed by atoms with van der Waals surface area (Å²) >= 11 is 0. The van der Waals surface area contributed by atoms with Crippen LogP contribution in [-0.2, 0) is 21.5 Å². The monoisotopic (exact) mass is 453 g/mol. The second-order valence-electron chi connectivity index (χ2n) is 9.07. The van der Waals surface area contributed by atoms with E-state index in [0.29, 0.717) is 5.56 Å². The van der Waals surface area contributed by atoms with E-state index in [4.69, 9.17) is 0 Å². The van der Waals surface area contributed by atoms with Crippen LogP contribution >= 0.6 is 0 Å². The first-order chi connectivity index (χ1) is 16.4. The van der Waals surface area contributed by atoms with Crippen molar-refractivity contribution in [2.45, 2.75) is 38.3 Å². The van der Waals surface area contributed by atoms with Crippen LogP contribution in [0.25, 0.3) is 11.1 Å². The van der Waals surface area contributed by atoms with Gasteiger partial charge in [0.25, 0.3) is 5.91 Å². The fourth-order valence-corrected chi connectivity index (χ4v) is 4.99. The zero-order valence-electron chi connectivity index (χ0n) is 19.3. The van der Waals surface area contributed by atoms with Gasteiger partial charge in [-0.25, -0.2) is 4.79 Å². The highest BCUT2D eigenvalue weighted by Crippen LogP contribution is 2.43. The lowest BCUT2D eigenvalue weighted by molar-refractivity contribution is -0.135. The van der Waals surface area contributed by atoms with Crippen molar-refractivity contribution >= 4 is 17.8 Å². The third-order valence-electron chi connectivity index (χ3n) is 6.79. The van der Waals surface area contributed by atoms with Gasteiger partial charge >= 0.3 is 6.03 Å². The Bertz CT molecular complexity index is 1240. The molecule has 0 bridgehead atoms. The number of rotatable bonds is 6. The van der Waals surface area contributed by atoms with E-state index >= 15 is 0 Å². The first-order valence-electron chi connectivity index (χ1n) is 11.6. The number of nitrogens with zero attached hydrogens (tertiary/aromatic N) is 1. The quantitative estimate of drug-likeness (QED) is 0.547. The molecule has 0 spiro atoms. The lowest BCUT2D eigenvalue weighted by Crippen LogP contribution is -2.43. The molecule has 1 heterocycles. The molecular weight excluding hydrogens is 426 g/mol. The number of nitrogens with one attached hydrogen (secondary N) is 2. The van der Waals surface area contributed by atoms with Gasteiger partial charge in [-0.1, -0.05) is 86.1 Å². The van der Waals surface area contributed by atoms with Gasteiger partial charge in [0.15, 0.2) is 0 Å². The number of benzene rings is 3. The van der Waals surface area contributed by atoms with Crippen LogP contribution in [0, 0.1) is 0 Å². The molecule has 5 rings (SSSR count). The summed E-state index contributed by atoms with van der Waals surface area (Å²) in [7, 11) is 0. The van der Waals surface area contributed by atoms with Crippen LogP contribution in [0.5, 0.6) is 0 Å². The van der Waals surface area contributed by atoms with E-state index in [2.05, 4.69) is 17.6 Å². The van der Waals surface area contributed by atoms with E-state index in [1.54, 1.807) is 6.92 Å². The number of hydrogen-bond acceptors (Lipinski definition) is 3. The largest absolute Gasteiger partial charge is 0.344 e. The fourth-order valence-electron chi connectivity index (χ4n) is 4.99. The molecule has 1 fully saturated rings. The van der Waals surface area contributed by atoms with Crippen LogP contribution in [0.3, 0.4) is 0 Å². The van der Waals surface area contributed by atoms with Gasteiger partial charge in [0, 0.05) is 0 Å². The maximum absolute atomic E-state index is 13.3. The maximum Gasteiger partial charge on any atom is 0.325 e. The molecule has 2 N–H and O–H groups in total. The van der Waals surface area contributed by atoms with Gasteiger partial charge in [0.1, 0.15) is 12.1 Å². The smallest absolute Gasteiger partial charge is 0.325 e. The van der Waals surface area contributed by atoms with E-state index < -0.39 is 17.5 Å². The van der Waals surface area contributed by atoms with E-state index in [1.807, 2.05) is 72.8 Å². The molecule has 3 aromatic rings. The van der Waals surface area contributed by atoms with Crippen molar-refractivity contribution in [3.63, 3.8) is 0 Å². The molecule has 34 heavy (non-hydrogen) atoms. The van der Waals surface area contributed by atoms with E-state index in [1.165, 1.54) is 5.56 Å². The number of hydrogen-bond donors (Lipinski definition) is 2. The minimum Gasteiger partial charge on any atom is -0.344 e.